The van der Waals surface area contributed by atoms with E-state index in [0.717, 1.165) is 35.2 Å². The first-order chi connectivity index (χ1) is 16.6. The van der Waals surface area contributed by atoms with Crippen LogP contribution in [0.2, 0.25) is 0 Å². The quantitative estimate of drug-likeness (QED) is 0.430. The molecular weight excluding hydrogens is 430 g/mol. The van der Waals surface area contributed by atoms with E-state index in [1.165, 1.54) is 25.9 Å². The second kappa shape index (κ2) is 8.41. The Morgan fingerprint density at radius 3 is 2.88 bits per heavy atom. The lowest BCUT2D eigenvalue weighted by Gasteiger charge is -2.40. The van der Waals surface area contributed by atoms with Gasteiger partial charge in [0.15, 0.2) is 0 Å². The van der Waals surface area contributed by atoms with Crippen molar-refractivity contribution in [2.75, 3.05) is 43.4 Å². The number of nitrogens with zero attached hydrogens (tertiary/aromatic N) is 4. The molecule has 0 unspecified atom stereocenters. The lowest BCUT2D eigenvalue weighted by atomic mass is 10.1. The maximum Gasteiger partial charge on any atom is 0.261 e. The lowest BCUT2D eigenvalue weighted by molar-refractivity contribution is 0.00482. The molecule has 6 rings (SSSR count). The van der Waals surface area contributed by atoms with Gasteiger partial charge < -0.3 is 30.2 Å². The molecule has 2 saturated heterocycles. The number of hydrogen-bond acceptors (Lipinski definition) is 7. The van der Waals surface area contributed by atoms with Gasteiger partial charge in [-0.3, -0.25) is 9.78 Å². The Hall–Kier alpha value is -3.43. The number of rotatable bonds is 4. The summed E-state index contributed by atoms with van der Waals surface area (Å²) in [4.78, 5) is 32.7. The van der Waals surface area contributed by atoms with Gasteiger partial charge in [0.1, 0.15) is 11.4 Å². The van der Waals surface area contributed by atoms with Gasteiger partial charge in [-0.2, -0.15) is 0 Å². The number of likely N-dealkylation sites (tertiary alicyclic amines) is 1. The zero-order valence-electron chi connectivity index (χ0n) is 19.3. The Kier molecular flexibility index (Phi) is 5.23. The predicted molar refractivity (Wildman–Crippen MR) is 134 cm³/mol. The molecule has 1 aromatic carbocycles. The maximum absolute atomic E-state index is 12.8. The van der Waals surface area contributed by atoms with Crippen LogP contribution in [0.1, 0.15) is 19.8 Å². The van der Waals surface area contributed by atoms with Crippen molar-refractivity contribution in [1.29, 1.82) is 0 Å². The molecule has 4 N–H and O–H groups in total. The zero-order valence-corrected chi connectivity index (χ0v) is 19.3. The summed E-state index contributed by atoms with van der Waals surface area (Å²) in [5, 5.41) is 0.747. The van der Waals surface area contributed by atoms with Crippen LogP contribution in [-0.4, -0.2) is 69.8 Å². The van der Waals surface area contributed by atoms with Crippen molar-refractivity contribution in [3.05, 3.63) is 47.0 Å². The number of imidazole rings is 1. The van der Waals surface area contributed by atoms with E-state index in [-0.39, 0.29) is 17.7 Å². The highest BCUT2D eigenvalue weighted by atomic mass is 16.5. The van der Waals surface area contributed by atoms with Gasteiger partial charge in [-0.05, 0) is 57.1 Å². The van der Waals surface area contributed by atoms with Gasteiger partial charge in [-0.1, -0.05) is 0 Å². The van der Waals surface area contributed by atoms with E-state index in [0.29, 0.717) is 29.2 Å². The molecule has 2 fully saturated rings. The van der Waals surface area contributed by atoms with E-state index in [4.69, 9.17) is 10.5 Å². The van der Waals surface area contributed by atoms with Crippen molar-refractivity contribution in [1.82, 2.24) is 24.8 Å². The highest BCUT2D eigenvalue weighted by molar-refractivity contribution is 5.97. The van der Waals surface area contributed by atoms with Gasteiger partial charge in [0.05, 0.1) is 41.1 Å². The topological polar surface area (TPSA) is 116 Å². The van der Waals surface area contributed by atoms with E-state index >= 15 is 0 Å². The number of pyridine rings is 2. The van der Waals surface area contributed by atoms with Gasteiger partial charge in [0.2, 0.25) is 0 Å². The summed E-state index contributed by atoms with van der Waals surface area (Å²) in [7, 11) is 0. The number of nitrogens with two attached hydrogens (primary N) is 1. The second-order valence-corrected chi connectivity index (χ2v) is 9.42. The molecule has 0 aliphatic carbocycles. The molecule has 0 saturated carbocycles. The summed E-state index contributed by atoms with van der Waals surface area (Å²) >= 11 is 0. The van der Waals surface area contributed by atoms with Crippen LogP contribution in [0.25, 0.3) is 33.3 Å². The van der Waals surface area contributed by atoms with Crippen LogP contribution in [0.3, 0.4) is 0 Å². The van der Waals surface area contributed by atoms with Crippen LogP contribution in [0.15, 0.2) is 41.5 Å². The third kappa shape index (κ3) is 3.70. The molecule has 176 valence electrons. The molecule has 0 amide bonds. The summed E-state index contributed by atoms with van der Waals surface area (Å²) in [5.74, 6) is 0.464. The first-order valence-corrected chi connectivity index (χ1v) is 11.9. The first-order valence-electron chi connectivity index (χ1n) is 11.9. The molecule has 0 radical (unpaired) electrons. The van der Waals surface area contributed by atoms with Crippen molar-refractivity contribution in [2.24, 2.45) is 0 Å². The molecular formula is C25H29N7O2. The molecule has 3 aromatic heterocycles. The SMILES string of the molecule is C[C@@H]1CO[C@@H](CN2CCCC2)CN1c1ccc2nc(-c3c(N)c4ccncc4[nH]c3=O)[nH]c2c1. The van der Waals surface area contributed by atoms with Crippen molar-refractivity contribution < 1.29 is 4.74 Å². The average Bonchev–Trinajstić information content (AvgIpc) is 3.49. The third-order valence-electron chi connectivity index (χ3n) is 7.06. The Balaban J connectivity index is 1.32. The number of anilines is 2. The van der Waals surface area contributed by atoms with Crippen LogP contribution in [0.4, 0.5) is 11.4 Å². The number of aromatic amines is 2. The smallest absolute Gasteiger partial charge is 0.261 e. The summed E-state index contributed by atoms with van der Waals surface area (Å²) in [6.45, 7) is 7.09. The van der Waals surface area contributed by atoms with E-state index in [1.807, 2.05) is 6.07 Å². The van der Waals surface area contributed by atoms with E-state index in [9.17, 15) is 4.79 Å². The second-order valence-electron chi connectivity index (χ2n) is 9.42. The van der Waals surface area contributed by atoms with Gasteiger partial charge in [0, 0.05) is 36.4 Å². The van der Waals surface area contributed by atoms with Crippen molar-refractivity contribution >= 4 is 33.3 Å². The molecule has 0 spiro atoms. The number of nitrogen functional groups attached to an aromatic ring is 1. The molecule has 5 heterocycles. The van der Waals surface area contributed by atoms with Gasteiger partial charge in [-0.25, -0.2) is 4.98 Å². The predicted octanol–water partition coefficient (Wildman–Crippen LogP) is 2.74. The fourth-order valence-electron chi connectivity index (χ4n) is 5.24. The summed E-state index contributed by atoms with van der Waals surface area (Å²) in [6, 6.07) is 8.28. The number of hydrogen-bond donors (Lipinski definition) is 3. The third-order valence-corrected chi connectivity index (χ3v) is 7.06. The molecule has 0 bridgehead atoms. The van der Waals surface area contributed by atoms with E-state index in [2.05, 4.69) is 48.8 Å². The van der Waals surface area contributed by atoms with Crippen LogP contribution >= 0.6 is 0 Å². The Labute approximate surface area is 196 Å². The molecule has 9 heteroatoms. The summed E-state index contributed by atoms with van der Waals surface area (Å²) in [5.41, 5.74) is 10.2. The van der Waals surface area contributed by atoms with Crippen LogP contribution in [0.5, 0.6) is 0 Å². The minimum atomic E-state index is -0.288. The molecule has 9 nitrogen and oxygen atoms in total. The number of ether oxygens (including phenoxy) is 1. The minimum absolute atomic E-state index is 0.202. The normalized spacial score (nSPS) is 21.6. The molecule has 2 aliphatic rings. The zero-order chi connectivity index (χ0) is 23.2. The fourth-order valence-corrected chi connectivity index (χ4v) is 5.24. The van der Waals surface area contributed by atoms with Crippen molar-refractivity contribution in [3.8, 4) is 11.4 Å². The van der Waals surface area contributed by atoms with Crippen molar-refractivity contribution in [2.45, 2.75) is 31.9 Å². The number of H-pyrrole nitrogens is 2. The Bertz CT molecular complexity index is 1410. The number of fused-ring (bicyclic) bond motifs is 2. The van der Waals surface area contributed by atoms with Gasteiger partial charge >= 0.3 is 0 Å². The number of benzene rings is 1. The monoisotopic (exact) mass is 459 g/mol. The average molecular weight is 460 g/mol. The summed E-state index contributed by atoms with van der Waals surface area (Å²) in [6.07, 6.45) is 6.03. The van der Waals surface area contributed by atoms with Crippen LogP contribution in [0, 0.1) is 0 Å². The minimum Gasteiger partial charge on any atom is -0.397 e. The number of morpholine rings is 1. The first kappa shape index (κ1) is 21.1. The molecule has 2 aliphatic heterocycles. The van der Waals surface area contributed by atoms with E-state index in [1.54, 1.807) is 18.5 Å². The maximum atomic E-state index is 12.8. The van der Waals surface area contributed by atoms with Gasteiger partial charge in [0.25, 0.3) is 5.56 Å². The fraction of sp³-hybridized carbons (Fsp3) is 0.400. The van der Waals surface area contributed by atoms with Crippen LogP contribution in [-0.2, 0) is 4.74 Å². The lowest BCUT2D eigenvalue weighted by Crippen LogP contribution is -2.51. The summed E-state index contributed by atoms with van der Waals surface area (Å²) < 4.78 is 6.15. The molecule has 2 atom stereocenters. The van der Waals surface area contributed by atoms with Crippen LogP contribution < -0.4 is 16.2 Å². The standard InChI is InChI=1S/C25H29N7O2/c1-15-14-34-17(12-31-8-2-3-9-31)13-32(15)16-4-5-19-20(10-16)29-24(28-19)22-23(26)18-6-7-27-11-21(18)30-25(22)33/h4-7,10-11,15,17H,2-3,8-9,12-14H2,1H3,(H,28,29)(H3,26,30,33)/t15-,17+/m1/s1. The van der Waals surface area contributed by atoms with E-state index < -0.39 is 0 Å². The number of aromatic nitrogens is 4. The molecule has 4 aromatic rings. The highest BCUT2D eigenvalue weighted by Gasteiger charge is 2.29. The van der Waals surface area contributed by atoms with Crippen molar-refractivity contribution in [3.63, 3.8) is 0 Å². The Morgan fingerprint density at radius 1 is 1.18 bits per heavy atom. The number of nitrogens with one attached hydrogen (secondary N) is 2. The van der Waals surface area contributed by atoms with Gasteiger partial charge in [-0.15, -0.1) is 0 Å². The highest BCUT2D eigenvalue weighted by Crippen LogP contribution is 2.30. The largest absolute Gasteiger partial charge is 0.397 e. The molecule has 34 heavy (non-hydrogen) atoms. The Morgan fingerprint density at radius 2 is 2.03 bits per heavy atom.